The number of alkyl halides is 2. The van der Waals surface area contributed by atoms with Gasteiger partial charge in [-0.15, -0.1) is 0 Å². The van der Waals surface area contributed by atoms with Crippen LogP contribution in [-0.4, -0.2) is 72.3 Å². The Balaban J connectivity index is 0.000000243. The van der Waals surface area contributed by atoms with Crippen LogP contribution in [0.25, 0.3) is 28.1 Å². The van der Waals surface area contributed by atoms with Crippen LogP contribution in [0, 0.1) is 49.0 Å². The predicted molar refractivity (Wildman–Crippen MR) is 308 cm³/mol. The van der Waals surface area contributed by atoms with Crippen LogP contribution >= 0.6 is 11.6 Å². The second-order valence-electron chi connectivity index (χ2n) is 21.4. The van der Waals surface area contributed by atoms with Gasteiger partial charge in [0, 0.05) is 79.8 Å². The summed E-state index contributed by atoms with van der Waals surface area (Å²) in [6, 6.07) is 16.2. The second kappa shape index (κ2) is 28.8. The summed E-state index contributed by atoms with van der Waals surface area (Å²) >= 11 is 6.54. The SMILES string of the molecule is C=CN1CC(CN2CCC(c3c(F)cc4c(N5CCC(=C)NC5=C)nn(C)c4c3F)CC2)C1.C=Cc1ccc(CCCC(F)F)c(F)c1-c1c(Cl)c(F)cc2c1C(C)C(C)(c1ccccc1)C2.CC1CC[CH-]CC1.CN.[CH3-].[Na+]. The Kier molecular flexibility index (Phi) is 23.7. The van der Waals surface area contributed by atoms with E-state index in [2.05, 4.69) is 91.6 Å². The van der Waals surface area contributed by atoms with Crippen LogP contribution in [0.3, 0.4) is 0 Å². The summed E-state index contributed by atoms with van der Waals surface area (Å²) in [7, 11) is 3.21. The Morgan fingerprint density at radius 2 is 1.56 bits per heavy atom. The van der Waals surface area contributed by atoms with E-state index in [0.717, 1.165) is 73.9 Å². The normalized spacial score (nSPS) is 19.7. The minimum absolute atomic E-state index is 0. The quantitative estimate of drug-likeness (QED) is 0.0737. The van der Waals surface area contributed by atoms with Crippen molar-refractivity contribution in [2.45, 2.75) is 115 Å². The first-order valence-electron chi connectivity index (χ1n) is 27.0. The fourth-order valence-electron chi connectivity index (χ4n) is 11.9. The van der Waals surface area contributed by atoms with E-state index >= 15 is 17.6 Å². The molecule has 0 bridgehead atoms. The van der Waals surface area contributed by atoms with Crippen molar-refractivity contribution in [3.05, 3.63) is 174 Å². The summed E-state index contributed by atoms with van der Waals surface area (Å²) in [6.45, 7) is 27.6. The maximum atomic E-state index is 15.9. The average molecular weight is 1110 g/mol. The van der Waals surface area contributed by atoms with Crippen LogP contribution in [0.1, 0.15) is 124 Å². The molecule has 2 unspecified atom stereocenters. The number of nitrogens with two attached hydrogens (primary N) is 1. The number of halogens is 7. The maximum Gasteiger partial charge on any atom is 1.00 e. The number of hydrogen-bond acceptors (Lipinski definition) is 6. The minimum Gasteiger partial charge on any atom is -0.377 e. The van der Waals surface area contributed by atoms with Gasteiger partial charge in [-0.1, -0.05) is 120 Å². The molecule has 5 aliphatic rings. The number of hydrogen-bond donors (Lipinski definition) is 2. The van der Waals surface area contributed by atoms with Crippen molar-refractivity contribution in [3.63, 3.8) is 0 Å². The summed E-state index contributed by atoms with van der Waals surface area (Å²) in [5, 5.41) is 7.99. The third-order valence-corrected chi connectivity index (χ3v) is 16.7. The van der Waals surface area contributed by atoms with Gasteiger partial charge < -0.3 is 39.6 Å². The van der Waals surface area contributed by atoms with Gasteiger partial charge in [0.1, 0.15) is 28.8 Å². The minimum atomic E-state index is -2.44. The fraction of sp³-hybridized carbons (Fsp3) is 0.444. The molecule has 3 N–H and O–H groups in total. The van der Waals surface area contributed by atoms with Crippen LogP contribution in [0.15, 0.2) is 98.6 Å². The Labute approximate surface area is 488 Å². The van der Waals surface area contributed by atoms with E-state index < -0.39 is 29.7 Å². The van der Waals surface area contributed by atoms with Gasteiger partial charge in [0.25, 0.3) is 0 Å². The molecule has 3 saturated heterocycles. The second-order valence-corrected chi connectivity index (χ2v) is 21.8. The Hall–Kier alpha value is -4.50. The molecular formula is C63H80ClF6N7Na-. The van der Waals surface area contributed by atoms with Gasteiger partial charge in [-0.25, -0.2) is 26.3 Å². The van der Waals surface area contributed by atoms with E-state index in [9.17, 15) is 8.78 Å². The Morgan fingerprint density at radius 3 is 2.15 bits per heavy atom. The molecule has 2 atom stereocenters. The van der Waals surface area contributed by atoms with Gasteiger partial charge in [0.15, 0.2) is 11.6 Å². The summed E-state index contributed by atoms with van der Waals surface area (Å²) < 4.78 is 89.0. The molecule has 0 amide bonds. The largest absolute Gasteiger partial charge is 1.00 e. The van der Waals surface area contributed by atoms with Gasteiger partial charge in [-0.05, 0) is 116 Å². The number of aryl methyl sites for hydroxylation is 2. The summed E-state index contributed by atoms with van der Waals surface area (Å²) in [5.41, 5.74) is 9.68. The molecule has 10 rings (SSSR count). The summed E-state index contributed by atoms with van der Waals surface area (Å²) in [6.07, 6.45) is 11.8. The van der Waals surface area contributed by atoms with Gasteiger partial charge >= 0.3 is 29.6 Å². The molecular weight excluding hydrogens is 1030 g/mol. The molecule has 15 heteroatoms. The molecule has 1 saturated carbocycles. The molecule has 4 heterocycles. The zero-order valence-corrected chi connectivity index (χ0v) is 49.9. The first-order chi connectivity index (χ1) is 36.4. The number of piperidine rings is 1. The van der Waals surface area contributed by atoms with Gasteiger partial charge in [-0.2, -0.15) is 17.9 Å². The molecule has 0 spiro atoms. The Bertz CT molecular complexity index is 2850. The number of rotatable bonds is 12. The topological polar surface area (TPSA) is 65.6 Å². The zero-order valence-electron chi connectivity index (χ0n) is 47.1. The van der Waals surface area contributed by atoms with Crippen molar-refractivity contribution < 1.29 is 55.9 Å². The zero-order chi connectivity index (χ0) is 55.0. The number of nitrogens with one attached hydrogen (secondary N) is 1. The van der Waals surface area contributed by atoms with Crippen molar-refractivity contribution in [1.29, 1.82) is 0 Å². The van der Waals surface area contributed by atoms with E-state index in [0.29, 0.717) is 64.5 Å². The van der Waals surface area contributed by atoms with Crippen LogP contribution in [0.4, 0.5) is 32.2 Å². The smallest absolute Gasteiger partial charge is 0.377 e. The molecule has 78 heavy (non-hydrogen) atoms. The number of nitrogens with zero attached hydrogens (tertiary/aromatic N) is 5. The monoisotopic (exact) mass is 1110 g/mol. The van der Waals surface area contributed by atoms with Crippen molar-refractivity contribution >= 4 is 34.4 Å². The van der Waals surface area contributed by atoms with Crippen LogP contribution < -0.4 is 45.5 Å². The molecule has 4 aromatic carbocycles. The summed E-state index contributed by atoms with van der Waals surface area (Å²) in [4.78, 5) is 6.51. The van der Waals surface area contributed by atoms with Gasteiger partial charge in [0.05, 0.1) is 10.4 Å². The van der Waals surface area contributed by atoms with Crippen LogP contribution in [0.2, 0.25) is 5.02 Å². The molecule has 0 radical (unpaired) electrons. The molecule has 418 valence electrons. The first kappa shape index (κ1) is 64.3. The Morgan fingerprint density at radius 1 is 0.897 bits per heavy atom. The van der Waals surface area contributed by atoms with E-state index in [4.69, 9.17) is 11.6 Å². The maximum absolute atomic E-state index is 15.9. The van der Waals surface area contributed by atoms with Crippen molar-refractivity contribution in [2.75, 3.05) is 51.2 Å². The fourth-order valence-corrected chi connectivity index (χ4v) is 12.2. The van der Waals surface area contributed by atoms with Crippen molar-refractivity contribution in [1.82, 2.24) is 24.9 Å². The predicted octanol–water partition coefficient (Wildman–Crippen LogP) is 12.5. The van der Waals surface area contributed by atoms with Crippen LogP contribution in [0.5, 0.6) is 0 Å². The first-order valence-corrected chi connectivity index (χ1v) is 27.3. The van der Waals surface area contributed by atoms with E-state index in [1.54, 1.807) is 19.2 Å². The van der Waals surface area contributed by atoms with Crippen molar-refractivity contribution in [3.8, 4) is 11.1 Å². The van der Waals surface area contributed by atoms with E-state index in [-0.39, 0.29) is 89.6 Å². The molecule has 7 nitrogen and oxygen atoms in total. The third-order valence-electron chi connectivity index (χ3n) is 16.4. The number of benzene rings is 4. The molecule has 1 aromatic heterocycles. The van der Waals surface area contributed by atoms with Crippen molar-refractivity contribution in [2.24, 2.45) is 24.6 Å². The number of likely N-dealkylation sites (tertiary alicyclic amines) is 2. The summed E-state index contributed by atoms with van der Waals surface area (Å²) in [5.74, 6) is 0.496. The van der Waals surface area contributed by atoms with E-state index in [1.807, 2.05) is 29.3 Å². The average Bonchev–Trinajstić information content (AvgIpc) is 4.05. The molecule has 2 aliphatic carbocycles. The molecule has 3 aliphatic heterocycles. The van der Waals surface area contributed by atoms with Crippen LogP contribution in [-0.2, 0) is 25.3 Å². The standard InChI is InChI=1S/C29H27ClF4.C25H32F2N6.C7H13.CH5N.CH3.Na/c1-4-18-13-14-19(9-8-12-23(32)33)28(34)25(18)26-24-17(2)29(3,21-10-6-5-7-11-21)16-20(24)15-22(31)27(26)30;1-5-31-13-18(14-31)15-32-9-7-19(8-10-32)22-21(26)12-20-24(23(22)27)30(4)29-25(20)33-11-6-16(2)28-17(33)3;1-7-5-3-2-4-6-7;1-2;;/h4-7,10-11,13-15,17,23H,1,8-9,12,16H2,2-3H3;5,12,18-19,28H,1-3,6-11,13-15H2,4H3;2,7H,3-6H2,1H3;2H2,1H3;1H3;/q;;-1;;-1;+1. The van der Waals surface area contributed by atoms with Gasteiger partial charge in [-0.3, -0.25) is 4.68 Å². The van der Waals surface area contributed by atoms with Gasteiger partial charge in [0.2, 0.25) is 6.43 Å². The van der Waals surface area contributed by atoms with E-state index in [1.165, 1.54) is 55.6 Å². The molecule has 5 aromatic rings. The number of anilines is 1. The number of aromatic nitrogens is 2. The molecule has 4 fully saturated rings. The third kappa shape index (κ3) is 14.1. The number of fused-ring (bicyclic) bond motifs is 2.